The van der Waals surface area contributed by atoms with Crippen molar-refractivity contribution in [1.29, 1.82) is 5.26 Å². The van der Waals surface area contributed by atoms with Crippen LogP contribution in [0.2, 0.25) is 0 Å². The van der Waals surface area contributed by atoms with Gasteiger partial charge in [-0.1, -0.05) is 23.3 Å². The highest BCUT2D eigenvalue weighted by atomic mass is 32.2. The fraction of sp³-hybridized carbons (Fsp3) is 0.188. The molecule has 0 fully saturated rings. The van der Waals surface area contributed by atoms with E-state index in [1.807, 2.05) is 30.3 Å². The molecule has 0 amide bonds. The molecule has 0 saturated heterocycles. The number of benzene rings is 1. The lowest BCUT2D eigenvalue weighted by Crippen LogP contribution is -2.08. The van der Waals surface area contributed by atoms with Gasteiger partial charge in [0, 0.05) is 23.2 Å². The molecular weight excluding hydrogens is 296 g/mol. The van der Waals surface area contributed by atoms with Gasteiger partial charge in [-0.25, -0.2) is 4.52 Å². The third-order valence-electron chi connectivity index (χ3n) is 3.38. The number of rotatable bonds is 4. The average Bonchev–Trinajstić information content (AvgIpc) is 2.96. The third-order valence-corrected chi connectivity index (χ3v) is 4.08. The highest BCUT2D eigenvalue weighted by Gasteiger charge is 2.12. The Morgan fingerprint density at radius 3 is 2.95 bits per heavy atom. The molecule has 0 bridgehead atoms. The van der Waals surface area contributed by atoms with Gasteiger partial charge in [-0.15, -0.1) is 0 Å². The van der Waals surface area contributed by atoms with Crippen LogP contribution in [0.4, 0.5) is 0 Å². The lowest BCUT2D eigenvalue weighted by molar-refractivity contribution is 0.587. The molecule has 6 heteroatoms. The van der Waals surface area contributed by atoms with E-state index in [1.165, 1.54) is 0 Å². The molecule has 0 saturated carbocycles. The first kappa shape index (κ1) is 14.6. The summed E-state index contributed by atoms with van der Waals surface area (Å²) in [5, 5.41) is 13.4. The molecule has 0 radical (unpaired) electrons. The minimum atomic E-state index is -1.22. The van der Waals surface area contributed by atoms with E-state index in [9.17, 15) is 4.55 Å². The van der Waals surface area contributed by atoms with Gasteiger partial charge < -0.3 is 4.55 Å². The Balaban J connectivity index is 2.06. The summed E-state index contributed by atoms with van der Waals surface area (Å²) in [5.74, 6) is 0. The van der Waals surface area contributed by atoms with Crippen LogP contribution in [0, 0.1) is 11.3 Å². The topological polar surface area (TPSA) is 77.0 Å². The largest absolute Gasteiger partial charge is 0.609 e. The summed E-state index contributed by atoms with van der Waals surface area (Å²) >= 11 is -1.22. The maximum Gasteiger partial charge on any atom is 0.359 e. The Morgan fingerprint density at radius 2 is 2.18 bits per heavy atom. The van der Waals surface area contributed by atoms with Crippen LogP contribution in [0.25, 0.3) is 16.8 Å². The minimum Gasteiger partial charge on any atom is -0.609 e. The first-order valence-corrected chi connectivity index (χ1v) is 8.39. The fourth-order valence-electron chi connectivity index (χ4n) is 2.32. The van der Waals surface area contributed by atoms with Crippen molar-refractivity contribution >= 4 is 16.7 Å². The van der Waals surface area contributed by atoms with E-state index in [2.05, 4.69) is 22.2 Å². The fourth-order valence-corrected chi connectivity index (χ4v) is 2.72. The van der Waals surface area contributed by atoms with E-state index in [1.54, 1.807) is 17.0 Å². The van der Waals surface area contributed by atoms with Crippen LogP contribution >= 0.6 is 0 Å². The van der Waals surface area contributed by atoms with Crippen LogP contribution in [0.15, 0.2) is 47.8 Å². The zero-order valence-corrected chi connectivity index (χ0v) is 12.9. The molecule has 0 aliphatic carbocycles. The van der Waals surface area contributed by atoms with Gasteiger partial charge >= 0.3 is 5.16 Å². The highest BCUT2D eigenvalue weighted by Crippen LogP contribution is 2.23. The Hall–Kier alpha value is -2.36. The van der Waals surface area contributed by atoms with Gasteiger partial charge in [-0.3, -0.25) is 0 Å². The lowest BCUT2D eigenvalue weighted by atomic mass is 10.1. The molecule has 110 valence electrons. The molecule has 0 N–H and O–H groups in total. The van der Waals surface area contributed by atoms with Gasteiger partial charge in [0.05, 0.1) is 23.5 Å². The van der Waals surface area contributed by atoms with Gasteiger partial charge in [0.2, 0.25) is 0 Å². The summed E-state index contributed by atoms with van der Waals surface area (Å²) < 4.78 is 13.3. The molecule has 1 aromatic carbocycles. The minimum absolute atomic E-state index is 0.311. The van der Waals surface area contributed by atoms with Gasteiger partial charge in [-0.05, 0) is 30.2 Å². The standard InChI is InChI=1S/C16H14N4OS/c1-22(21)16-18-11-14-7-8-15(20(14)19-16)13-6-2-4-12(10-13)5-3-9-17/h2,4,6-8,10-11H,3,5H2,1H3. The van der Waals surface area contributed by atoms with E-state index in [-0.39, 0.29) is 0 Å². The molecule has 1 unspecified atom stereocenters. The summed E-state index contributed by atoms with van der Waals surface area (Å²) in [4.78, 5) is 4.10. The number of aromatic nitrogens is 3. The highest BCUT2D eigenvalue weighted by molar-refractivity contribution is 7.90. The summed E-state index contributed by atoms with van der Waals surface area (Å²) in [6, 6.07) is 14.1. The van der Waals surface area contributed by atoms with E-state index >= 15 is 0 Å². The van der Waals surface area contributed by atoms with Crippen LogP contribution in [-0.4, -0.2) is 25.4 Å². The molecule has 2 aromatic heterocycles. The van der Waals surface area contributed by atoms with Crippen LogP contribution in [0.5, 0.6) is 0 Å². The molecular formula is C16H14N4OS. The monoisotopic (exact) mass is 310 g/mol. The first-order valence-electron chi connectivity index (χ1n) is 6.83. The number of fused-ring (bicyclic) bond motifs is 1. The van der Waals surface area contributed by atoms with Crippen molar-refractivity contribution < 1.29 is 4.55 Å². The predicted molar refractivity (Wildman–Crippen MR) is 84.7 cm³/mol. The SMILES string of the molecule is C[S+]([O-])c1ncc2ccc(-c3cccc(CCC#N)c3)n2n1. The summed E-state index contributed by atoms with van der Waals surface area (Å²) in [6.45, 7) is 0. The van der Waals surface area contributed by atoms with E-state index < -0.39 is 11.2 Å². The second kappa shape index (κ2) is 6.18. The number of hydrogen-bond donors (Lipinski definition) is 0. The average molecular weight is 310 g/mol. The van der Waals surface area contributed by atoms with Crippen LogP contribution in [0.1, 0.15) is 12.0 Å². The van der Waals surface area contributed by atoms with Crippen molar-refractivity contribution in [1.82, 2.24) is 14.6 Å². The molecule has 0 aliphatic heterocycles. The molecule has 3 rings (SSSR count). The zero-order valence-electron chi connectivity index (χ0n) is 12.1. The van der Waals surface area contributed by atoms with Crippen LogP contribution < -0.4 is 0 Å². The predicted octanol–water partition coefficient (Wildman–Crippen LogP) is 2.59. The van der Waals surface area contributed by atoms with E-state index in [4.69, 9.17) is 5.26 Å². The number of hydrogen-bond acceptors (Lipinski definition) is 4. The van der Waals surface area contributed by atoms with Gasteiger partial charge in [0.25, 0.3) is 0 Å². The molecule has 1 atom stereocenters. The van der Waals surface area contributed by atoms with Gasteiger partial charge in [0.15, 0.2) is 0 Å². The quantitative estimate of drug-likeness (QED) is 0.694. The number of nitriles is 1. The third kappa shape index (κ3) is 2.82. The Kier molecular flexibility index (Phi) is 4.09. The molecule has 0 spiro atoms. The van der Waals surface area contributed by atoms with Gasteiger partial charge in [0.1, 0.15) is 6.26 Å². The first-order chi connectivity index (χ1) is 10.7. The summed E-state index contributed by atoms with van der Waals surface area (Å²) in [6.07, 6.45) is 4.46. The smallest absolute Gasteiger partial charge is 0.359 e. The van der Waals surface area contributed by atoms with Crippen molar-refractivity contribution in [3.63, 3.8) is 0 Å². The van der Waals surface area contributed by atoms with Crippen molar-refractivity contribution in [2.45, 2.75) is 18.0 Å². The normalized spacial score (nSPS) is 12.2. The van der Waals surface area contributed by atoms with Crippen LogP contribution in [0.3, 0.4) is 0 Å². The molecule has 0 aliphatic rings. The van der Waals surface area contributed by atoms with Crippen molar-refractivity contribution in [2.24, 2.45) is 0 Å². The Labute approximate surface area is 131 Å². The molecule has 2 heterocycles. The van der Waals surface area contributed by atoms with E-state index in [0.29, 0.717) is 11.6 Å². The molecule has 22 heavy (non-hydrogen) atoms. The molecule has 5 nitrogen and oxygen atoms in total. The number of nitrogens with zero attached hydrogens (tertiary/aromatic N) is 4. The second-order valence-corrected chi connectivity index (χ2v) is 6.18. The van der Waals surface area contributed by atoms with Crippen molar-refractivity contribution in [2.75, 3.05) is 6.26 Å². The Morgan fingerprint density at radius 1 is 1.32 bits per heavy atom. The lowest BCUT2D eigenvalue weighted by Gasteiger charge is -2.06. The number of aryl methyl sites for hydroxylation is 1. The van der Waals surface area contributed by atoms with Crippen molar-refractivity contribution in [3.8, 4) is 17.3 Å². The van der Waals surface area contributed by atoms with Crippen LogP contribution in [-0.2, 0) is 17.6 Å². The zero-order chi connectivity index (χ0) is 15.5. The maximum atomic E-state index is 11.6. The molecule has 3 aromatic rings. The summed E-state index contributed by atoms with van der Waals surface area (Å²) in [7, 11) is 0. The maximum absolute atomic E-state index is 11.6. The van der Waals surface area contributed by atoms with E-state index in [0.717, 1.165) is 28.8 Å². The second-order valence-electron chi connectivity index (χ2n) is 4.91. The summed E-state index contributed by atoms with van der Waals surface area (Å²) in [5.41, 5.74) is 3.90. The van der Waals surface area contributed by atoms with Crippen molar-refractivity contribution in [3.05, 3.63) is 48.2 Å². The van der Waals surface area contributed by atoms with Gasteiger partial charge in [-0.2, -0.15) is 10.2 Å². The Bertz CT molecular complexity index is 851.